The normalized spacial score (nSPS) is 10.5. The molecule has 5 heteroatoms. The van der Waals surface area contributed by atoms with Crippen LogP contribution in [0.15, 0.2) is 42.7 Å². The third-order valence-electron chi connectivity index (χ3n) is 3.33. The number of halogens is 1. The molecular formula is C16H13ClN4. The van der Waals surface area contributed by atoms with Crippen molar-refractivity contribution in [3.63, 3.8) is 0 Å². The molecule has 0 aliphatic rings. The summed E-state index contributed by atoms with van der Waals surface area (Å²) >= 11 is 6.14. The summed E-state index contributed by atoms with van der Waals surface area (Å²) < 4.78 is 1.81. The van der Waals surface area contributed by atoms with Crippen molar-refractivity contribution in [2.75, 3.05) is 5.32 Å². The lowest BCUT2D eigenvalue weighted by molar-refractivity contribution is 0.902. The Morgan fingerprint density at radius 2 is 2.24 bits per heavy atom. The van der Waals surface area contributed by atoms with Crippen LogP contribution < -0.4 is 5.32 Å². The second-order valence-corrected chi connectivity index (χ2v) is 5.27. The van der Waals surface area contributed by atoms with E-state index in [0.29, 0.717) is 17.3 Å². The van der Waals surface area contributed by atoms with Crippen molar-refractivity contribution in [1.82, 2.24) is 9.55 Å². The molecule has 1 aromatic carbocycles. The van der Waals surface area contributed by atoms with Gasteiger partial charge in [-0.05, 0) is 29.8 Å². The van der Waals surface area contributed by atoms with Gasteiger partial charge in [-0.2, -0.15) is 5.26 Å². The maximum Gasteiger partial charge on any atom is 0.120 e. The lowest BCUT2D eigenvalue weighted by Gasteiger charge is -2.09. The molecule has 3 aromatic rings. The molecule has 0 aliphatic carbocycles. The average molecular weight is 297 g/mol. The number of nitrogens with zero attached hydrogens (tertiary/aromatic N) is 3. The minimum Gasteiger partial charge on any atom is -0.379 e. The third-order valence-corrected chi connectivity index (χ3v) is 3.55. The van der Waals surface area contributed by atoms with Gasteiger partial charge in [0.05, 0.1) is 11.2 Å². The van der Waals surface area contributed by atoms with Gasteiger partial charge < -0.3 is 9.88 Å². The highest BCUT2D eigenvalue weighted by molar-refractivity contribution is 6.31. The van der Waals surface area contributed by atoms with Crippen molar-refractivity contribution in [2.45, 2.75) is 6.54 Å². The highest BCUT2D eigenvalue weighted by atomic mass is 35.5. The smallest absolute Gasteiger partial charge is 0.120 e. The lowest BCUT2D eigenvalue weighted by atomic mass is 10.2. The molecule has 0 bridgehead atoms. The molecule has 0 atom stereocenters. The standard InChI is InChI=1S/C16H13ClN4/c1-21-10-11(5-14(21)8-18)9-20-15-7-13(17)6-12-3-2-4-19-16(12)15/h2-7,10,20H,9H2,1H3. The molecule has 21 heavy (non-hydrogen) atoms. The topological polar surface area (TPSA) is 53.6 Å². The van der Waals surface area contributed by atoms with Gasteiger partial charge >= 0.3 is 0 Å². The minimum absolute atomic E-state index is 0.613. The van der Waals surface area contributed by atoms with Crippen molar-refractivity contribution < 1.29 is 0 Å². The summed E-state index contributed by atoms with van der Waals surface area (Å²) in [4.78, 5) is 4.39. The second-order valence-electron chi connectivity index (χ2n) is 4.84. The summed E-state index contributed by atoms with van der Waals surface area (Å²) in [5.41, 5.74) is 3.46. The molecule has 0 aliphatic heterocycles. The first-order chi connectivity index (χ1) is 10.2. The van der Waals surface area contributed by atoms with Gasteiger partial charge in [0, 0.05) is 36.4 Å². The average Bonchev–Trinajstić information content (AvgIpc) is 2.84. The molecule has 1 N–H and O–H groups in total. The largest absolute Gasteiger partial charge is 0.379 e. The summed E-state index contributed by atoms with van der Waals surface area (Å²) in [5, 5.41) is 14.0. The summed E-state index contributed by atoms with van der Waals surface area (Å²) in [6.07, 6.45) is 3.70. The second kappa shape index (κ2) is 5.47. The maximum atomic E-state index is 8.98. The molecule has 0 fully saturated rings. The Balaban J connectivity index is 1.89. The molecule has 2 heterocycles. The molecular weight excluding hydrogens is 284 g/mol. The minimum atomic E-state index is 0.613. The van der Waals surface area contributed by atoms with Crippen LogP contribution in [0.3, 0.4) is 0 Å². The molecule has 2 aromatic heterocycles. The Morgan fingerprint density at radius 1 is 1.38 bits per heavy atom. The van der Waals surface area contributed by atoms with Crippen LogP contribution in [0, 0.1) is 11.3 Å². The number of benzene rings is 1. The summed E-state index contributed by atoms with van der Waals surface area (Å²) in [6, 6.07) is 11.7. The zero-order chi connectivity index (χ0) is 14.8. The first-order valence-corrected chi connectivity index (χ1v) is 6.88. The number of nitriles is 1. The van der Waals surface area contributed by atoms with Crippen LogP contribution in [-0.2, 0) is 13.6 Å². The number of fused-ring (bicyclic) bond motifs is 1. The molecule has 4 nitrogen and oxygen atoms in total. The fourth-order valence-corrected chi connectivity index (χ4v) is 2.56. The van der Waals surface area contributed by atoms with Crippen LogP contribution in [0.5, 0.6) is 0 Å². The van der Waals surface area contributed by atoms with E-state index in [1.54, 1.807) is 6.20 Å². The fraction of sp³-hybridized carbons (Fsp3) is 0.125. The van der Waals surface area contributed by atoms with Crippen LogP contribution in [0.25, 0.3) is 10.9 Å². The first-order valence-electron chi connectivity index (χ1n) is 6.51. The number of anilines is 1. The van der Waals surface area contributed by atoms with Crippen LogP contribution >= 0.6 is 11.6 Å². The van der Waals surface area contributed by atoms with Crippen molar-refractivity contribution in [2.24, 2.45) is 7.05 Å². The van der Waals surface area contributed by atoms with E-state index in [4.69, 9.17) is 16.9 Å². The number of hydrogen-bond acceptors (Lipinski definition) is 3. The number of rotatable bonds is 3. The monoisotopic (exact) mass is 296 g/mol. The lowest BCUT2D eigenvalue weighted by Crippen LogP contribution is -2.00. The van der Waals surface area contributed by atoms with Gasteiger partial charge in [0.1, 0.15) is 11.8 Å². The molecule has 3 rings (SSSR count). The van der Waals surface area contributed by atoms with Crippen molar-refractivity contribution in [3.05, 3.63) is 59.0 Å². The quantitative estimate of drug-likeness (QED) is 0.801. The number of aryl methyl sites for hydroxylation is 1. The molecule has 104 valence electrons. The summed E-state index contributed by atoms with van der Waals surface area (Å²) in [5.74, 6) is 0. The van der Waals surface area contributed by atoms with Crippen LogP contribution in [0.2, 0.25) is 5.02 Å². The molecule has 0 radical (unpaired) electrons. The fourth-order valence-electron chi connectivity index (χ4n) is 2.33. The van der Waals surface area contributed by atoms with E-state index < -0.39 is 0 Å². The molecule has 0 amide bonds. The highest BCUT2D eigenvalue weighted by Gasteiger charge is 2.06. The summed E-state index contributed by atoms with van der Waals surface area (Å²) in [6.45, 7) is 0.613. The van der Waals surface area contributed by atoms with Gasteiger partial charge in [0.15, 0.2) is 0 Å². The van der Waals surface area contributed by atoms with E-state index in [1.807, 2.05) is 48.1 Å². The number of nitrogens with one attached hydrogen (secondary N) is 1. The van der Waals surface area contributed by atoms with Gasteiger partial charge in [-0.3, -0.25) is 4.98 Å². The van der Waals surface area contributed by atoms with E-state index in [1.165, 1.54) is 0 Å². The number of aromatic nitrogens is 2. The predicted molar refractivity (Wildman–Crippen MR) is 84.2 cm³/mol. The van der Waals surface area contributed by atoms with Gasteiger partial charge in [-0.25, -0.2) is 0 Å². The van der Waals surface area contributed by atoms with Crippen LogP contribution in [-0.4, -0.2) is 9.55 Å². The maximum absolute atomic E-state index is 8.98. The van der Waals surface area contributed by atoms with E-state index >= 15 is 0 Å². The Bertz CT molecular complexity index is 845. The van der Waals surface area contributed by atoms with Crippen molar-refractivity contribution in [1.29, 1.82) is 5.26 Å². The van der Waals surface area contributed by atoms with E-state index in [9.17, 15) is 0 Å². The third kappa shape index (κ3) is 2.69. The first kappa shape index (κ1) is 13.5. The van der Waals surface area contributed by atoms with Gasteiger partial charge in [0.2, 0.25) is 0 Å². The molecule has 0 unspecified atom stereocenters. The zero-order valence-corrected chi connectivity index (χ0v) is 12.2. The van der Waals surface area contributed by atoms with Crippen LogP contribution in [0.4, 0.5) is 5.69 Å². The Kier molecular flexibility index (Phi) is 3.51. The van der Waals surface area contributed by atoms with E-state index in [0.717, 1.165) is 22.2 Å². The van der Waals surface area contributed by atoms with E-state index in [2.05, 4.69) is 16.4 Å². The van der Waals surface area contributed by atoms with Crippen LogP contribution in [0.1, 0.15) is 11.3 Å². The number of pyridine rings is 1. The SMILES string of the molecule is Cn1cc(CNc2cc(Cl)cc3cccnc23)cc1C#N. The predicted octanol–water partition coefficient (Wildman–Crippen LogP) is 3.71. The Hall–Kier alpha value is -2.51. The Morgan fingerprint density at radius 3 is 3.00 bits per heavy atom. The summed E-state index contributed by atoms with van der Waals surface area (Å²) in [7, 11) is 1.86. The molecule has 0 saturated carbocycles. The Labute approximate surface area is 127 Å². The van der Waals surface area contributed by atoms with Crippen molar-refractivity contribution >= 4 is 28.2 Å². The number of hydrogen-bond donors (Lipinski definition) is 1. The van der Waals surface area contributed by atoms with E-state index in [-0.39, 0.29) is 0 Å². The zero-order valence-electron chi connectivity index (χ0n) is 11.5. The van der Waals surface area contributed by atoms with Gasteiger partial charge in [-0.15, -0.1) is 0 Å². The molecule has 0 spiro atoms. The van der Waals surface area contributed by atoms with Crippen molar-refractivity contribution in [3.8, 4) is 6.07 Å². The highest BCUT2D eigenvalue weighted by Crippen LogP contribution is 2.26. The van der Waals surface area contributed by atoms with Gasteiger partial charge in [-0.1, -0.05) is 17.7 Å². The molecule has 0 saturated heterocycles. The van der Waals surface area contributed by atoms with Gasteiger partial charge in [0.25, 0.3) is 0 Å².